The van der Waals surface area contributed by atoms with Crippen molar-refractivity contribution in [3.8, 4) is 0 Å². The highest BCUT2D eigenvalue weighted by molar-refractivity contribution is 5.99. The first-order chi connectivity index (χ1) is 16.6. The van der Waals surface area contributed by atoms with Crippen LogP contribution in [0.3, 0.4) is 0 Å². The third-order valence-electron chi connectivity index (χ3n) is 5.68. The summed E-state index contributed by atoms with van der Waals surface area (Å²) >= 11 is 0. The van der Waals surface area contributed by atoms with Crippen LogP contribution in [0.25, 0.3) is 0 Å². The van der Waals surface area contributed by atoms with Crippen LogP contribution in [0.2, 0.25) is 0 Å². The van der Waals surface area contributed by atoms with Gasteiger partial charge in [-0.25, -0.2) is 4.79 Å². The Hall–Kier alpha value is -3.35. The van der Waals surface area contributed by atoms with Gasteiger partial charge in [-0.15, -0.1) is 0 Å². The molecule has 0 bridgehead atoms. The number of para-hydroxylation sites is 1. The largest absolute Gasteiger partial charge is 0.444 e. The SMILES string of the molecule is CCc1ccc(C(C(=O)Nc2ccccc2C)N(C(=O)C(C)NC(=O)OC(C)(C)C)C(C)(C)C)cc1. The van der Waals surface area contributed by atoms with Crippen LogP contribution in [-0.2, 0) is 20.7 Å². The van der Waals surface area contributed by atoms with Crippen molar-refractivity contribution in [1.29, 1.82) is 0 Å². The molecule has 2 aromatic rings. The van der Waals surface area contributed by atoms with E-state index in [1.165, 1.54) is 0 Å². The van der Waals surface area contributed by atoms with Gasteiger partial charge in [-0.2, -0.15) is 0 Å². The first-order valence-electron chi connectivity index (χ1n) is 12.4. The van der Waals surface area contributed by atoms with E-state index < -0.39 is 35.2 Å². The van der Waals surface area contributed by atoms with Crippen molar-refractivity contribution in [2.45, 2.75) is 92.0 Å². The molecule has 0 spiro atoms. The maximum atomic E-state index is 13.8. The van der Waals surface area contributed by atoms with Gasteiger partial charge in [-0.3, -0.25) is 9.59 Å². The van der Waals surface area contributed by atoms with Crippen molar-refractivity contribution in [2.75, 3.05) is 5.32 Å². The van der Waals surface area contributed by atoms with Crippen LogP contribution in [0.4, 0.5) is 10.5 Å². The van der Waals surface area contributed by atoms with E-state index in [4.69, 9.17) is 4.74 Å². The number of aryl methyl sites for hydroxylation is 2. The van der Waals surface area contributed by atoms with E-state index in [0.717, 1.165) is 17.5 Å². The van der Waals surface area contributed by atoms with Gasteiger partial charge in [0, 0.05) is 11.2 Å². The van der Waals surface area contributed by atoms with E-state index in [1.54, 1.807) is 32.6 Å². The summed E-state index contributed by atoms with van der Waals surface area (Å²) < 4.78 is 5.33. The lowest BCUT2D eigenvalue weighted by atomic mass is 9.94. The lowest BCUT2D eigenvalue weighted by Crippen LogP contribution is -2.57. The van der Waals surface area contributed by atoms with E-state index in [1.807, 2.05) is 76.2 Å². The maximum Gasteiger partial charge on any atom is 0.408 e. The highest BCUT2D eigenvalue weighted by Gasteiger charge is 2.40. The predicted octanol–water partition coefficient (Wildman–Crippen LogP) is 5.78. The average Bonchev–Trinajstić information content (AvgIpc) is 2.76. The number of hydrogen-bond donors (Lipinski definition) is 2. The number of nitrogens with zero attached hydrogens (tertiary/aromatic N) is 1. The van der Waals surface area contributed by atoms with Crippen molar-refractivity contribution in [3.63, 3.8) is 0 Å². The number of hydrogen-bond acceptors (Lipinski definition) is 4. The Bertz CT molecular complexity index is 1070. The summed E-state index contributed by atoms with van der Waals surface area (Å²) in [4.78, 5) is 41.6. The molecule has 3 amide bonds. The average molecular weight is 496 g/mol. The highest BCUT2D eigenvalue weighted by atomic mass is 16.6. The molecule has 0 fully saturated rings. The monoisotopic (exact) mass is 495 g/mol. The molecule has 0 heterocycles. The number of carbonyl (C=O) groups is 3. The van der Waals surface area contributed by atoms with Crippen LogP contribution in [0.1, 0.15) is 78.1 Å². The van der Waals surface area contributed by atoms with Gasteiger partial charge in [0.2, 0.25) is 5.91 Å². The van der Waals surface area contributed by atoms with Gasteiger partial charge in [-0.1, -0.05) is 49.4 Å². The Balaban J connectivity index is 2.50. The second-order valence-corrected chi connectivity index (χ2v) is 11.0. The zero-order valence-electron chi connectivity index (χ0n) is 23.1. The lowest BCUT2D eigenvalue weighted by molar-refractivity contribution is -0.146. The highest BCUT2D eigenvalue weighted by Crippen LogP contribution is 2.31. The summed E-state index contributed by atoms with van der Waals surface area (Å²) in [6.07, 6.45) is 0.171. The van der Waals surface area contributed by atoms with E-state index >= 15 is 0 Å². The molecule has 2 atom stereocenters. The third kappa shape index (κ3) is 7.83. The second kappa shape index (κ2) is 11.6. The van der Waals surface area contributed by atoms with Crippen molar-refractivity contribution in [2.24, 2.45) is 0 Å². The number of rotatable bonds is 7. The van der Waals surface area contributed by atoms with Gasteiger partial charge >= 0.3 is 6.09 Å². The number of ether oxygens (including phenoxy) is 1. The van der Waals surface area contributed by atoms with Crippen LogP contribution >= 0.6 is 0 Å². The van der Waals surface area contributed by atoms with Gasteiger partial charge < -0.3 is 20.3 Å². The second-order valence-electron chi connectivity index (χ2n) is 11.0. The minimum absolute atomic E-state index is 0.332. The molecule has 0 radical (unpaired) electrons. The number of benzene rings is 2. The Morgan fingerprint density at radius 2 is 1.53 bits per heavy atom. The number of nitrogens with one attached hydrogen (secondary N) is 2. The van der Waals surface area contributed by atoms with E-state index in [2.05, 4.69) is 17.6 Å². The third-order valence-corrected chi connectivity index (χ3v) is 5.68. The molecule has 2 N–H and O–H groups in total. The van der Waals surface area contributed by atoms with Crippen LogP contribution in [0.5, 0.6) is 0 Å². The topological polar surface area (TPSA) is 87.7 Å². The van der Waals surface area contributed by atoms with Crippen molar-refractivity contribution in [1.82, 2.24) is 10.2 Å². The number of anilines is 1. The van der Waals surface area contributed by atoms with E-state index in [0.29, 0.717) is 11.3 Å². The Labute approximate surface area is 215 Å². The summed E-state index contributed by atoms with van der Waals surface area (Å²) in [6.45, 7) is 16.5. The molecule has 2 aromatic carbocycles. The lowest BCUT2D eigenvalue weighted by Gasteiger charge is -2.42. The zero-order chi connectivity index (χ0) is 27.3. The van der Waals surface area contributed by atoms with Crippen LogP contribution in [0.15, 0.2) is 48.5 Å². The predicted molar refractivity (Wildman–Crippen MR) is 144 cm³/mol. The standard InChI is InChI=1S/C29H41N3O4/c1-10-21-15-17-22(18-16-21)24(25(33)31-23-14-12-11-13-19(23)2)32(28(4,5)6)26(34)20(3)30-27(35)36-29(7,8)9/h11-18,20,24H,10H2,1-9H3,(H,30,35)(H,31,33). The molecule has 2 rings (SSSR count). The molecule has 36 heavy (non-hydrogen) atoms. The quantitative estimate of drug-likeness (QED) is 0.510. The summed E-state index contributed by atoms with van der Waals surface area (Å²) in [6, 6.07) is 13.4. The Kier molecular flexibility index (Phi) is 9.30. The number of alkyl carbamates (subject to hydrolysis) is 1. The molecular formula is C29H41N3O4. The zero-order valence-corrected chi connectivity index (χ0v) is 23.1. The van der Waals surface area contributed by atoms with Crippen LogP contribution in [-0.4, -0.2) is 40.0 Å². The fraction of sp³-hybridized carbons (Fsp3) is 0.483. The molecule has 0 aromatic heterocycles. The molecule has 2 unspecified atom stereocenters. The molecule has 0 aliphatic carbocycles. The number of amides is 3. The minimum Gasteiger partial charge on any atom is -0.444 e. The minimum atomic E-state index is -0.925. The first-order valence-corrected chi connectivity index (χ1v) is 12.4. The molecule has 0 aliphatic rings. The molecular weight excluding hydrogens is 454 g/mol. The first kappa shape index (κ1) is 28.9. The van der Waals surface area contributed by atoms with Crippen LogP contribution < -0.4 is 10.6 Å². The summed E-state index contributed by atoms with van der Waals surface area (Å²) in [5.74, 6) is -0.723. The van der Waals surface area contributed by atoms with Crippen molar-refractivity contribution in [3.05, 3.63) is 65.2 Å². The Morgan fingerprint density at radius 1 is 0.944 bits per heavy atom. The fourth-order valence-corrected chi connectivity index (χ4v) is 3.87. The summed E-state index contributed by atoms with van der Waals surface area (Å²) in [5, 5.41) is 5.64. The molecule has 0 saturated heterocycles. The van der Waals surface area contributed by atoms with Gasteiger partial charge in [-0.05, 0) is 84.6 Å². The molecule has 196 valence electrons. The van der Waals surface area contributed by atoms with Crippen molar-refractivity contribution >= 4 is 23.6 Å². The normalized spacial score (nSPS) is 13.4. The molecule has 7 heteroatoms. The smallest absolute Gasteiger partial charge is 0.408 e. The van der Waals surface area contributed by atoms with Gasteiger partial charge in [0.15, 0.2) is 0 Å². The van der Waals surface area contributed by atoms with Crippen molar-refractivity contribution < 1.29 is 19.1 Å². The van der Waals surface area contributed by atoms with E-state index in [-0.39, 0.29) is 5.91 Å². The van der Waals surface area contributed by atoms with Gasteiger partial charge in [0.25, 0.3) is 5.91 Å². The van der Waals surface area contributed by atoms with Gasteiger partial charge in [0.1, 0.15) is 17.7 Å². The molecule has 0 aliphatic heterocycles. The van der Waals surface area contributed by atoms with Gasteiger partial charge in [0.05, 0.1) is 0 Å². The summed E-state index contributed by atoms with van der Waals surface area (Å²) in [7, 11) is 0. The van der Waals surface area contributed by atoms with E-state index in [9.17, 15) is 14.4 Å². The maximum absolute atomic E-state index is 13.8. The summed E-state index contributed by atoms with van der Waals surface area (Å²) in [5.41, 5.74) is 1.97. The number of carbonyl (C=O) groups excluding carboxylic acids is 3. The molecule has 7 nitrogen and oxygen atoms in total. The Morgan fingerprint density at radius 3 is 2.03 bits per heavy atom. The fourth-order valence-electron chi connectivity index (χ4n) is 3.87. The molecule has 0 saturated carbocycles. The van der Waals surface area contributed by atoms with Crippen LogP contribution in [0, 0.1) is 6.92 Å².